The second kappa shape index (κ2) is 4.61. The van der Waals surface area contributed by atoms with E-state index in [4.69, 9.17) is 5.11 Å². The third-order valence-corrected chi connectivity index (χ3v) is 2.83. The van der Waals surface area contributed by atoms with Gasteiger partial charge in [-0.15, -0.1) is 0 Å². The van der Waals surface area contributed by atoms with Crippen molar-refractivity contribution in [3.63, 3.8) is 0 Å². The zero-order valence-electron chi connectivity index (χ0n) is 9.39. The van der Waals surface area contributed by atoms with Crippen LogP contribution < -0.4 is 0 Å². The van der Waals surface area contributed by atoms with E-state index < -0.39 is 5.97 Å². The number of aliphatic carboxylic acids is 1. The van der Waals surface area contributed by atoms with Gasteiger partial charge >= 0.3 is 5.97 Å². The molecule has 4 heteroatoms. The van der Waals surface area contributed by atoms with Crippen molar-refractivity contribution in [2.45, 2.75) is 19.9 Å². The van der Waals surface area contributed by atoms with Gasteiger partial charge in [-0.25, -0.2) is 0 Å². The lowest BCUT2D eigenvalue weighted by atomic mass is 9.96. The largest absolute Gasteiger partial charge is 0.481 e. The zero-order chi connectivity index (χ0) is 11.5. The number of aromatic nitrogens is 1. The van der Waals surface area contributed by atoms with Crippen molar-refractivity contribution in [1.29, 1.82) is 0 Å². The lowest BCUT2D eigenvalue weighted by Crippen LogP contribution is -2.46. The molecule has 0 atom stereocenters. The van der Waals surface area contributed by atoms with Crippen molar-refractivity contribution >= 4 is 5.97 Å². The first-order chi connectivity index (χ1) is 7.63. The molecular formula is C12H16N2O2. The Balaban J connectivity index is 1.79. The monoisotopic (exact) mass is 220 g/mol. The third-order valence-electron chi connectivity index (χ3n) is 2.83. The number of hydrogen-bond donors (Lipinski definition) is 1. The van der Waals surface area contributed by atoms with Crippen LogP contribution in [0.1, 0.15) is 17.8 Å². The molecule has 2 heterocycles. The quantitative estimate of drug-likeness (QED) is 0.831. The minimum Gasteiger partial charge on any atom is -0.481 e. The summed E-state index contributed by atoms with van der Waals surface area (Å²) in [5, 5.41) is 8.63. The first kappa shape index (κ1) is 11.1. The molecule has 0 amide bonds. The topological polar surface area (TPSA) is 53.4 Å². The van der Waals surface area contributed by atoms with Crippen LogP contribution >= 0.6 is 0 Å². The molecule has 1 aliphatic heterocycles. The molecule has 0 unspecified atom stereocenters. The highest BCUT2D eigenvalue weighted by molar-refractivity contribution is 5.67. The highest BCUT2D eigenvalue weighted by Crippen LogP contribution is 2.20. The maximum Gasteiger partial charge on any atom is 0.303 e. The van der Waals surface area contributed by atoms with Crippen molar-refractivity contribution in [2.24, 2.45) is 5.92 Å². The fourth-order valence-electron chi connectivity index (χ4n) is 2.10. The summed E-state index contributed by atoms with van der Waals surface area (Å²) in [5.41, 5.74) is 2.09. The summed E-state index contributed by atoms with van der Waals surface area (Å²) < 4.78 is 0. The van der Waals surface area contributed by atoms with E-state index in [-0.39, 0.29) is 6.42 Å². The highest BCUT2D eigenvalue weighted by Gasteiger charge is 2.28. The molecule has 16 heavy (non-hydrogen) atoms. The standard InChI is InChI=1S/C12H16N2O2/c1-9-3-2-4-11(13-9)8-14-6-10(7-14)5-12(15)16/h2-4,10H,5-8H2,1H3,(H,15,16). The van der Waals surface area contributed by atoms with Crippen LogP contribution in [0.4, 0.5) is 0 Å². The smallest absolute Gasteiger partial charge is 0.303 e. The Kier molecular flexibility index (Phi) is 3.19. The van der Waals surface area contributed by atoms with Crippen LogP contribution in [0.3, 0.4) is 0 Å². The summed E-state index contributed by atoms with van der Waals surface area (Å²) in [4.78, 5) is 17.1. The molecule has 1 aromatic rings. The SMILES string of the molecule is Cc1cccc(CN2CC(CC(=O)O)C2)n1. The maximum absolute atomic E-state index is 10.5. The summed E-state index contributed by atoms with van der Waals surface area (Å²) >= 11 is 0. The third kappa shape index (κ3) is 2.79. The first-order valence-electron chi connectivity index (χ1n) is 5.50. The molecule has 0 aliphatic carbocycles. The van der Waals surface area contributed by atoms with Crippen molar-refractivity contribution in [3.05, 3.63) is 29.6 Å². The number of aryl methyl sites for hydroxylation is 1. The molecule has 1 aliphatic rings. The van der Waals surface area contributed by atoms with Gasteiger partial charge in [0.1, 0.15) is 0 Å². The number of carboxylic acid groups (broad SMARTS) is 1. The van der Waals surface area contributed by atoms with Crippen molar-refractivity contribution in [1.82, 2.24) is 9.88 Å². The molecule has 2 rings (SSSR count). The fraction of sp³-hybridized carbons (Fsp3) is 0.500. The Bertz CT molecular complexity index is 386. The van der Waals surface area contributed by atoms with Gasteiger partial charge in [0.25, 0.3) is 0 Å². The van der Waals surface area contributed by atoms with E-state index in [1.807, 2.05) is 25.1 Å². The van der Waals surface area contributed by atoms with E-state index in [0.29, 0.717) is 5.92 Å². The van der Waals surface area contributed by atoms with Gasteiger partial charge in [0.2, 0.25) is 0 Å². The zero-order valence-corrected chi connectivity index (χ0v) is 9.39. The molecule has 1 aromatic heterocycles. The number of rotatable bonds is 4. The molecule has 4 nitrogen and oxygen atoms in total. The molecule has 0 saturated carbocycles. The van der Waals surface area contributed by atoms with Crippen molar-refractivity contribution in [3.8, 4) is 0 Å². The predicted molar refractivity (Wildman–Crippen MR) is 60.0 cm³/mol. The lowest BCUT2D eigenvalue weighted by Gasteiger charge is -2.38. The predicted octanol–water partition coefficient (Wildman–Crippen LogP) is 1.30. The summed E-state index contributed by atoms with van der Waals surface area (Å²) in [7, 11) is 0. The molecule has 1 N–H and O–H groups in total. The van der Waals surface area contributed by atoms with Gasteiger partial charge in [-0.05, 0) is 25.0 Å². The molecule has 0 spiro atoms. The second-order valence-electron chi connectivity index (χ2n) is 4.43. The minimum absolute atomic E-state index is 0.289. The Morgan fingerprint density at radius 3 is 2.94 bits per heavy atom. The summed E-state index contributed by atoms with van der Waals surface area (Å²) in [6.45, 7) is 4.56. The van der Waals surface area contributed by atoms with Crippen LogP contribution in [-0.4, -0.2) is 34.0 Å². The molecule has 0 bridgehead atoms. The highest BCUT2D eigenvalue weighted by atomic mass is 16.4. The van der Waals surface area contributed by atoms with Crippen LogP contribution in [0, 0.1) is 12.8 Å². The van der Waals surface area contributed by atoms with Crippen LogP contribution in [0.2, 0.25) is 0 Å². The van der Waals surface area contributed by atoms with Crippen molar-refractivity contribution in [2.75, 3.05) is 13.1 Å². The Morgan fingerprint density at radius 2 is 2.31 bits per heavy atom. The van der Waals surface area contributed by atoms with E-state index >= 15 is 0 Å². The number of carboxylic acids is 1. The normalized spacial score (nSPS) is 17.1. The summed E-state index contributed by atoms with van der Waals surface area (Å²) in [5.74, 6) is -0.374. The van der Waals surface area contributed by atoms with Crippen LogP contribution in [0.25, 0.3) is 0 Å². The number of nitrogens with zero attached hydrogens (tertiary/aromatic N) is 2. The van der Waals surface area contributed by atoms with Crippen molar-refractivity contribution < 1.29 is 9.90 Å². The van der Waals surface area contributed by atoms with Crippen LogP contribution in [0.5, 0.6) is 0 Å². The fourth-order valence-corrected chi connectivity index (χ4v) is 2.10. The Labute approximate surface area is 94.9 Å². The average Bonchev–Trinajstić information content (AvgIpc) is 2.14. The molecule has 0 radical (unpaired) electrons. The molecular weight excluding hydrogens is 204 g/mol. The minimum atomic E-state index is -0.696. The average molecular weight is 220 g/mol. The van der Waals surface area contributed by atoms with Crippen LogP contribution in [0.15, 0.2) is 18.2 Å². The van der Waals surface area contributed by atoms with E-state index in [2.05, 4.69) is 9.88 Å². The molecule has 0 aromatic carbocycles. The number of hydrogen-bond acceptors (Lipinski definition) is 3. The van der Waals surface area contributed by atoms with E-state index in [1.165, 1.54) is 0 Å². The van der Waals surface area contributed by atoms with Crippen LogP contribution in [-0.2, 0) is 11.3 Å². The van der Waals surface area contributed by atoms with E-state index in [0.717, 1.165) is 31.0 Å². The molecule has 86 valence electrons. The number of pyridine rings is 1. The van der Waals surface area contributed by atoms with Gasteiger partial charge in [-0.2, -0.15) is 0 Å². The summed E-state index contributed by atoms with van der Waals surface area (Å²) in [6.07, 6.45) is 0.289. The van der Waals surface area contributed by atoms with E-state index in [9.17, 15) is 4.79 Å². The van der Waals surface area contributed by atoms with Gasteiger partial charge in [-0.3, -0.25) is 14.7 Å². The first-order valence-corrected chi connectivity index (χ1v) is 5.50. The second-order valence-corrected chi connectivity index (χ2v) is 4.43. The van der Waals surface area contributed by atoms with Gasteiger partial charge in [0, 0.05) is 25.3 Å². The van der Waals surface area contributed by atoms with Gasteiger partial charge in [0.15, 0.2) is 0 Å². The van der Waals surface area contributed by atoms with Gasteiger partial charge in [-0.1, -0.05) is 6.07 Å². The lowest BCUT2D eigenvalue weighted by molar-refractivity contribution is -0.139. The Morgan fingerprint density at radius 1 is 1.56 bits per heavy atom. The summed E-state index contributed by atoms with van der Waals surface area (Å²) in [6, 6.07) is 6.00. The molecule has 1 fully saturated rings. The molecule has 1 saturated heterocycles. The Hall–Kier alpha value is -1.42. The van der Waals surface area contributed by atoms with Gasteiger partial charge in [0.05, 0.1) is 12.1 Å². The number of carbonyl (C=O) groups is 1. The van der Waals surface area contributed by atoms with Gasteiger partial charge < -0.3 is 5.11 Å². The van der Waals surface area contributed by atoms with E-state index in [1.54, 1.807) is 0 Å². The maximum atomic E-state index is 10.5. The number of likely N-dealkylation sites (tertiary alicyclic amines) is 1.